The average Bonchev–Trinajstić information content (AvgIpc) is 2.90. The molecule has 1 aromatic heterocycles. The van der Waals surface area contributed by atoms with Crippen molar-refractivity contribution < 1.29 is 4.74 Å². The maximum Gasteiger partial charge on any atom is 0.0949 e. The Morgan fingerprint density at radius 3 is 3.13 bits per heavy atom. The fourth-order valence-electron chi connectivity index (χ4n) is 1.59. The van der Waals surface area contributed by atoms with E-state index < -0.39 is 0 Å². The third kappa shape index (κ3) is 3.04. The van der Waals surface area contributed by atoms with Gasteiger partial charge in [0.05, 0.1) is 18.6 Å². The zero-order valence-electron chi connectivity index (χ0n) is 9.22. The summed E-state index contributed by atoms with van der Waals surface area (Å²) in [5, 5.41) is 0. The molecule has 1 atom stereocenters. The van der Waals surface area contributed by atoms with E-state index in [4.69, 9.17) is 10.5 Å². The van der Waals surface area contributed by atoms with E-state index in [1.807, 2.05) is 19.4 Å². The van der Waals surface area contributed by atoms with Gasteiger partial charge in [-0.3, -0.25) is 0 Å². The minimum Gasteiger partial charge on any atom is -0.379 e. The van der Waals surface area contributed by atoms with Crippen LogP contribution < -0.4 is 5.73 Å². The molecule has 0 bridgehead atoms. The summed E-state index contributed by atoms with van der Waals surface area (Å²) in [6.45, 7) is 4.50. The van der Waals surface area contributed by atoms with Crippen molar-refractivity contribution in [2.45, 2.75) is 32.4 Å². The molecule has 1 aliphatic carbocycles. The van der Waals surface area contributed by atoms with E-state index in [1.54, 1.807) is 0 Å². The van der Waals surface area contributed by atoms with Crippen LogP contribution in [0, 0.1) is 5.92 Å². The molecular formula is C11H19N3O. The van der Waals surface area contributed by atoms with Crippen molar-refractivity contribution in [2.75, 3.05) is 13.2 Å². The quantitative estimate of drug-likeness (QED) is 0.719. The number of nitrogens with two attached hydrogens (primary N) is 1. The van der Waals surface area contributed by atoms with E-state index in [1.165, 1.54) is 12.8 Å². The van der Waals surface area contributed by atoms with E-state index in [2.05, 4.69) is 9.55 Å². The molecule has 2 N–H and O–H groups in total. The van der Waals surface area contributed by atoms with E-state index in [0.717, 1.165) is 31.4 Å². The molecule has 1 heterocycles. The minimum atomic E-state index is 0.0379. The lowest BCUT2D eigenvalue weighted by Crippen LogP contribution is -2.14. The lowest BCUT2D eigenvalue weighted by Gasteiger charge is -2.10. The highest BCUT2D eigenvalue weighted by atomic mass is 16.5. The maximum atomic E-state index is 5.82. The molecule has 1 aromatic rings. The van der Waals surface area contributed by atoms with Crippen LogP contribution in [0.15, 0.2) is 12.5 Å². The lowest BCUT2D eigenvalue weighted by molar-refractivity contribution is 0.116. The van der Waals surface area contributed by atoms with Crippen molar-refractivity contribution in [1.82, 2.24) is 9.55 Å². The Balaban J connectivity index is 1.73. The van der Waals surface area contributed by atoms with Gasteiger partial charge in [0.1, 0.15) is 0 Å². The monoisotopic (exact) mass is 209 g/mol. The average molecular weight is 209 g/mol. The van der Waals surface area contributed by atoms with Gasteiger partial charge in [0, 0.05) is 25.4 Å². The Hall–Kier alpha value is -0.870. The summed E-state index contributed by atoms with van der Waals surface area (Å²) in [5.41, 5.74) is 6.89. The predicted octanol–water partition coefficient (Wildman–Crippen LogP) is 1.33. The van der Waals surface area contributed by atoms with Crippen LogP contribution >= 0.6 is 0 Å². The summed E-state index contributed by atoms with van der Waals surface area (Å²) in [4.78, 5) is 4.10. The standard InChI is InChI=1S/C11H19N3O/c1-9(12)11-6-13-8-14(11)4-5-15-7-10-2-3-10/h6,8-10H,2-5,7,12H2,1H3/t9-/m0/s1. The smallest absolute Gasteiger partial charge is 0.0949 e. The van der Waals surface area contributed by atoms with Crippen molar-refractivity contribution in [3.8, 4) is 0 Å². The van der Waals surface area contributed by atoms with Crippen LogP contribution in [0.4, 0.5) is 0 Å². The molecule has 1 fully saturated rings. The number of ether oxygens (including phenoxy) is 1. The first-order chi connectivity index (χ1) is 7.27. The third-order valence-electron chi connectivity index (χ3n) is 2.74. The summed E-state index contributed by atoms with van der Waals surface area (Å²) < 4.78 is 7.64. The molecule has 0 spiro atoms. The van der Waals surface area contributed by atoms with Crippen LogP contribution in [0.25, 0.3) is 0 Å². The molecule has 4 heteroatoms. The molecule has 0 aliphatic heterocycles. The highest BCUT2D eigenvalue weighted by molar-refractivity contribution is 5.02. The molecule has 0 saturated heterocycles. The van der Waals surface area contributed by atoms with Crippen LogP contribution in [-0.2, 0) is 11.3 Å². The molecular weight excluding hydrogens is 190 g/mol. The maximum absolute atomic E-state index is 5.82. The number of aromatic nitrogens is 2. The molecule has 15 heavy (non-hydrogen) atoms. The molecule has 0 aromatic carbocycles. The van der Waals surface area contributed by atoms with Crippen molar-refractivity contribution in [3.05, 3.63) is 18.2 Å². The largest absolute Gasteiger partial charge is 0.379 e. The van der Waals surface area contributed by atoms with Gasteiger partial charge in [-0.1, -0.05) is 0 Å². The predicted molar refractivity (Wildman–Crippen MR) is 58.4 cm³/mol. The Kier molecular flexibility index (Phi) is 3.38. The fraction of sp³-hybridized carbons (Fsp3) is 0.727. The first-order valence-electron chi connectivity index (χ1n) is 5.60. The molecule has 2 rings (SSSR count). The topological polar surface area (TPSA) is 53.1 Å². The number of imidazole rings is 1. The van der Waals surface area contributed by atoms with Crippen LogP contribution in [0.2, 0.25) is 0 Å². The van der Waals surface area contributed by atoms with Gasteiger partial charge in [-0.25, -0.2) is 4.98 Å². The van der Waals surface area contributed by atoms with Crippen molar-refractivity contribution >= 4 is 0 Å². The second kappa shape index (κ2) is 4.77. The molecule has 1 aliphatic rings. The van der Waals surface area contributed by atoms with Crippen molar-refractivity contribution in [1.29, 1.82) is 0 Å². The molecule has 0 amide bonds. The molecule has 1 saturated carbocycles. The number of rotatable bonds is 6. The van der Waals surface area contributed by atoms with Gasteiger partial charge >= 0.3 is 0 Å². The summed E-state index contributed by atoms with van der Waals surface area (Å²) in [6.07, 6.45) is 6.33. The van der Waals surface area contributed by atoms with E-state index >= 15 is 0 Å². The van der Waals surface area contributed by atoms with Crippen LogP contribution in [0.3, 0.4) is 0 Å². The zero-order valence-corrected chi connectivity index (χ0v) is 9.22. The Labute approximate surface area is 90.4 Å². The molecule has 84 valence electrons. The van der Waals surface area contributed by atoms with Gasteiger partial charge in [0.25, 0.3) is 0 Å². The molecule has 0 unspecified atom stereocenters. The Bertz CT molecular complexity index is 305. The second-order valence-corrected chi connectivity index (χ2v) is 4.32. The first-order valence-corrected chi connectivity index (χ1v) is 5.60. The van der Waals surface area contributed by atoms with E-state index in [9.17, 15) is 0 Å². The van der Waals surface area contributed by atoms with Gasteiger partial charge in [-0.15, -0.1) is 0 Å². The Morgan fingerprint density at radius 1 is 1.67 bits per heavy atom. The summed E-state index contributed by atoms with van der Waals surface area (Å²) in [7, 11) is 0. The van der Waals surface area contributed by atoms with Gasteiger partial charge in [-0.2, -0.15) is 0 Å². The van der Waals surface area contributed by atoms with Gasteiger partial charge in [0.2, 0.25) is 0 Å². The van der Waals surface area contributed by atoms with Crippen LogP contribution in [0.1, 0.15) is 31.5 Å². The van der Waals surface area contributed by atoms with Crippen molar-refractivity contribution in [3.63, 3.8) is 0 Å². The SMILES string of the molecule is C[C@H](N)c1cncn1CCOCC1CC1. The highest BCUT2D eigenvalue weighted by Crippen LogP contribution is 2.28. The van der Waals surface area contributed by atoms with Gasteiger partial charge in [-0.05, 0) is 25.7 Å². The van der Waals surface area contributed by atoms with Crippen LogP contribution in [-0.4, -0.2) is 22.8 Å². The number of nitrogens with zero attached hydrogens (tertiary/aromatic N) is 2. The number of hydrogen-bond donors (Lipinski definition) is 1. The first kappa shape index (κ1) is 10.6. The van der Waals surface area contributed by atoms with E-state index in [-0.39, 0.29) is 6.04 Å². The summed E-state index contributed by atoms with van der Waals surface area (Å²) in [5.74, 6) is 0.834. The molecule has 4 nitrogen and oxygen atoms in total. The number of hydrogen-bond acceptors (Lipinski definition) is 3. The molecule has 0 radical (unpaired) electrons. The normalized spacial score (nSPS) is 18.0. The zero-order chi connectivity index (χ0) is 10.7. The van der Waals surface area contributed by atoms with E-state index in [0.29, 0.717) is 0 Å². The fourth-order valence-corrected chi connectivity index (χ4v) is 1.59. The second-order valence-electron chi connectivity index (χ2n) is 4.32. The lowest BCUT2D eigenvalue weighted by atomic mass is 10.3. The summed E-state index contributed by atoms with van der Waals surface area (Å²) in [6, 6.07) is 0.0379. The highest BCUT2D eigenvalue weighted by Gasteiger charge is 2.20. The summed E-state index contributed by atoms with van der Waals surface area (Å²) >= 11 is 0. The van der Waals surface area contributed by atoms with Crippen LogP contribution in [0.5, 0.6) is 0 Å². The minimum absolute atomic E-state index is 0.0379. The Morgan fingerprint density at radius 2 is 2.47 bits per heavy atom. The van der Waals surface area contributed by atoms with Gasteiger partial charge in [0.15, 0.2) is 0 Å². The van der Waals surface area contributed by atoms with Gasteiger partial charge < -0.3 is 15.0 Å². The third-order valence-corrected chi connectivity index (χ3v) is 2.74. The van der Waals surface area contributed by atoms with Crippen molar-refractivity contribution in [2.24, 2.45) is 11.7 Å².